The first-order valence-electron chi connectivity index (χ1n) is 9.37. The Morgan fingerprint density at radius 3 is 2.83 bits per heavy atom. The van der Waals surface area contributed by atoms with Gasteiger partial charge in [-0.2, -0.15) is 0 Å². The number of fused-ring (bicyclic) bond motifs is 1. The number of carbonyl (C=O) groups is 1. The van der Waals surface area contributed by atoms with Gasteiger partial charge in [0, 0.05) is 34.1 Å². The van der Waals surface area contributed by atoms with E-state index in [1.807, 2.05) is 67.7 Å². The van der Waals surface area contributed by atoms with E-state index in [-0.39, 0.29) is 0 Å². The zero-order valence-corrected chi connectivity index (χ0v) is 16.7. The monoisotopic (exact) mass is 408 g/mol. The van der Waals surface area contributed by atoms with E-state index in [9.17, 15) is 9.90 Å². The Hall–Kier alpha value is -3.02. The average Bonchev–Trinajstić information content (AvgIpc) is 3.34. The number of H-pyrrole nitrogens is 1. The number of para-hydroxylation sites is 1. The van der Waals surface area contributed by atoms with Gasteiger partial charge in [-0.05, 0) is 42.3 Å². The number of aryl methyl sites for hydroxylation is 1. The second-order valence-electron chi connectivity index (χ2n) is 7.07. The molecule has 1 atom stereocenters. The predicted octanol–water partition coefficient (Wildman–Crippen LogP) is 5.18. The van der Waals surface area contributed by atoms with Crippen molar-refractivity contribution in [2.24, 2.45) is 0 Å². The van der Waals surface area contributed by atoms with Crippen molar-refractivity contribution in [2.45, 2.75) is 25.9 Å². The molecule has 4 rings (SSSR count). The van der Waals surface area contributed by atoms with Gasteiger partial charge in [0.15, 0.2) is 0 Å². The standard InChI is InChI=1S/C23H21ClN2O3/c1-14-6-7-15(10-19(14)24)22-9-8-17(29-22)13-26-21(23(27)28)11-16-12-25-20-5-3-2-4-18(16)20/h2-10,12,21,25-26H,11,13H2,1H3,(H,27,28)/t21-/m0/s1. The molecule has 2 heterocycles. The summed E-state index contributed by atoms with van der Waals surface area (Å²) in [5.74, 6) is 0.474. The molecule has 0 bridgehead atoms. The summed E-state index contributed by atoms with van der Waals surface area (Å²) in [4.78, 5) is 14.9. The molecule has 0 aliphatic heterocycles. The van der Waals surface area contributed by atoms with Gasteiger partial charge < -0.3 is 14.5 Å². The molecule has 0 radical (unpaired) electrons. The largest absolute Gasteiger partial charge is 0.480 e. The van der Waals surface area contributed by atoms with E-state index in [0.717, 1.165) is 27.6 Å². The van der Waals surface area contributed by atoms with Gasteiger partial charge in [-0.3, -0.25) is 10.1 Å². The summed E-state index contributed by atoms with van der Waals surface area (Å²) in [5.41, 5.74) is 3.86. The highest BCUT2D eigenvalue weighted by Crippen LogP contribution is 2.27. The maximum absolute atomic E-state index is 11.8. The van der Waals surface area contributed by atoms with Crippen LogP contribution in [0.3, 0.4) is 0 Å². The van der Waals surface area contributed by atoms with Crippen molar-refractivity contribution in [3.8, 4) is 11.3 Å². The van der Waals surface area contributed by atoms with Crippen LogP contribution >= 0.6 is 11.6 Å². The lowest BCUT2D eigenvalue weighted by molar-refractivity contribution is -0.139. The first kappa shape index (κ1) is 19.3. The molecule has 2 aromatic heterocycles. The van der Waals surface area contributed by atoms with Crippen molar-refractivity contribution in [1.29, 1.82) is 0 Å². The zero-order valence-electron chi connectivity index (χ0n) is 15.9. The van der Waals surface area contributed by atoms with Crippen LogP contribution in [0.5, 0.6) is 0 Å². The van der Waals surface area contributed by atoms with E-state index >= 15 is 0 Å². The maximum atomic E-state index is 11.8. The quantitative estimate of drug-likeness (QED) is 0.394. The maximum Gasteiger partial charge on any atom is 0.321 e. The number of aromatic amines is 1. The number of hydrogen-bond donors (Lipinski definition) is 3. The SMILES string of the molecule is Cc1ccc(-c2ccc(CN[C@@H](Cc3c[nH]c4ccccc34)C(=O)O)o2)cc1Cl. The summed E-state index contributed by atoms with van der Waals surface area (Å²) in [5, 5.41) is 14.5. The highest BCUT2D eigenvalue weighted by molar-refractivity contribution is 6.31. The normalized spacial score (nSPS) is 12.3. The van der Waals surface area contributed by atoms with E-state index in [2.05, 4.69) is 10.3 Å². The number of aromatic nitrogens is 1. The molecule has 29 heavy (non-hydrogen) atoms. The number of aliphatic carboxylic acids is 1. The molecular weight excluding hydrogens is 388 g/mol. The summed E-state index contributed by atoms with van der Waals surface area (Å²) in [7, 11) is 0. The summed E-state index contributed by atoms with van der Waals surface area (Å²) >= 11 is 6.20. The highest BCUT2D eigenvalue weighted by Gasteiger charge is 2.20. The van der Waals surface area contributed by atoms with Crippen molar-refractivity contribution in [2.75, 3.05) is 0 Å². The van der Waals surface area contributed by atoms with Crippen LogP contribution in [0.2, 0.25) is 5.02 Å². The lowest BCUT2D eigenvalue weighted by Gasteiger charge is -2.13. The predicted molar refractivity (Wildman–Crippen MR) is 114 cm³/mol. The van der Waals surface area contributed by atoms with Crippen LogP contribution in [0, 0.1) is 6.92 Å². The third-order valence-electron chi connectivity index (χ3n) is 5.04. The number of nitrogens with one attached hydrogen (secondary N) is 2. The molecule has 6 heteroatoms. The minimum absolute atomic E-state index is 0.318. The number of benzene rings is 2. The fourth-order valence-electron chi connectivity index (χ4n) is 3.37. The Labute approximate surface area is 173 Å². The second-order valence-corrected chi connectivity index (χ2v) is 7.47. The molecule has 3 N–H and O–H groups in total. The third kappa shape index (κ3) is 4.21. The van der Waals surface area contributed by atoms with Gasteiger partial charge in [0.1, 0.15) is 17.6 Å². The Morgan fingerprint density at radius 2 is 2.03 bits per heavy atom. The van der Waals surface area contributed by atoms with Crippen LogP contribution in [0.15, 0.2) is 65.2 Å². The van der Waals surface area contributed by atoms with Gasteiger partial charge in [-0.25, -0.2) is 0 Å². The molecule has 148 valence electrons. The molecule has 0 spiro atoms. The number of furan rings is 1. The van der Waals surface area contributed by atoms with Crippen molar-refractivity contribution >= 4 is 28.5 Å². The van der Waals surface area contributed by atoms with E-state index in [1.54, 1.807) is 0 Å². The lowest BCUT2D eigenvalue weighted by Crippen LogP contribution is -2.37. The average molecular weight is 409 g/mol. The van der Waals surface area contributed by atoms with Gasteiger partial charge in [-0.15, -0.1) is 0 Å². The third-order valence-corrected chi connectivity index (χ3v) is 5.44. The number of hydrogen-bond acceptors (Lipinski definition) is 3. The van der Waals surface area contributed by atoms with Gasteiger partial charge in [0.05, 0.1) is 6.54 Å². The molecular formula is C23H21ClN2O3. The molecule has 4 aromatic rings. The minimum Gasteiger partial charge on any atom is -0.480 e. The molecule has 5 nitrogen and oxygen atoms in total. The van der Waals surface area contributed by atoms with Crippen molar-refractivity contribution in [3.63, 3.8) is 0 Å². The van der Waals surface area contributed by atoms with Crippen LogP contribution in [0.4, 0.5) is 0 Å². The molecule has 0 aliphatic rings. The molecule has 0 aliphatic carbocycles. The number of carboxylic acids is 1. The van der Waals surface area contributed by atoms with Gasteiger partial charge in [0.25, 0.3) is 0 Å². The fraction of sp³-hybridized carbons (Fsp3) is 0.174. The molecule has 0 saturated heterocycles. The van der Waals surface area contributed by atoms with E-state index < -0.39 is 12.0 Å². The van der Waals surface area contributed by atoms with Crippen LogP contribution in [0.1, 0.15) is 16.9 Å². The molecule has 0 saturated carbocycles. The number of carboxylic acid groups (broad SMARTS) is 1. The van der Waals surface area contributed by atoms with Gasteiger partial charge >= 0.3 is 5.97 Å². The lowest BCUT2D eigenvalue weighted by atomic mass is 10.0. The van der Waals surface area contributed by atoms with E-state index in [4.69, 9.17) is 16.0 Å². The summed E-state index contributed by atoms with van der Waals surface area (Å²) in [6, 6.07) is 16.6. The van der Waals surface area contributed by atoms with Gasteiger partial charge in [0.2, 0.25) is 0 Å². The fourth-order valence-corrected chi connectivity index (χ4v) is 3.55. The van der Waals surface area contributed by atoms with E-state index in [1.165, 1.54) is 0 Å². The topological polar surface area (TPSA) is 78.3 Å². The van der Waals surface area contributed by atoms with Crippen LogP contribution in [-0.4, -0.2) is 22.1 Å². The van der Waals surface area contributed by atoms with Crippen molar-refractivity contribution in [1.82, 2.24) is 10.3 Å². The summed E-state index contributed by atoms with van der Waals surface area (Å²) in [6.07, 6.45) is 2.24. The molecule has 0 unspecified atom stereocenters. The summed E-state index contributed by atoms with van der Waals surface area (Å²) in [6.45, 7) is 2.27. The first-order chi connectivity index (χ1) is 14.0. The van der Waals surface area contributed by atoms with Crippen LogP contribution in [0.25, 0.3) is 22.2 Å². The Morgan fingerprint density at radius 1 is 1.21 bits per heavy atom. The smallest absolute Gasteiger partial charge is 0.321 e. The van der Waals surface area contributed by atoms with E-state index in [0.29, 0.717) is 29.5 Å². The van der Waals surface area contributed by atoms with Gasteiger partial charge in [-0.1, -0.05) is 41.9 Å². The zero-order chi connectivity index (χ0) is 20.4. The van der Waals surface area contributed by atoms with Crippen LogP contribution < -0.4 is 5.32 Å². The Bertz CT molecular complexity index is 1160. The number of halogens is 1. The molecule has 2 aromatic carbocycles. The van der Waals surface area contributed by atoms with Crippen molar-refractivity contribution < 1.29 is 14.3 Å². The Kier molecular flexibility index (Phi) is 5.43. The minimum atomic E-state index is -0.896. The Balaban J connectivity index is 1.45. The van der Waals surface area contributed by atoms with Crippen molar-refractivity contribution in [3.05, 3.63) is 82.7 Å². The molecule has 0 amide bonds. The highest BCUT2D eigenvalue weighted by atomic mass is 35.5. The second kappa shape index (κ2) is 8.15. The first-order valence-corrected chi connectivity index (χ1v) is 9.75. The number of rotatable bonds is 7. The summed E-state index contributed by atoms with van der Waals surface area (Å²) < 4.78 is 5.88. The molecule has 0 fully saturated rings. The van der Waals surface area contributed by atoms with Crippen LogP contribution in [-0.2, 0) is 17.8 Å².